The molecule has 2 aliphatic heterocycles. The average molecular weight is 433 g/mol. The summed E-state index contributed by atoms with van der Waals surface area (Å²) < 4.78 is 5.41. The number of aromatic nitrogens is 4. The first-order chi connectivity index (χ1) is 15.6. The van der Waals surface area contributed by atoms with Crippen molar-refractivity contribution in [3.05, 3.63) is 30.1 Å². The molecule has 2 aliphatic rings. The van der Waals surface area contributed by atoms with Crippen LogP contribution in [0.2, 0.25) is 0 Å². The Labute approximate surface area is 187 Å². The Balaban J connectivity index is 1.42. The molecule has 1 unspecified atom stereocenters. The van der Waals surface area contributed by atoms with E-state index in [9.17, 15) is 0 Å². The van der Waals surface area contributed by atoms with Crippen molar-refractivity contribution in [1.29, 1.82) is 5.26 Å². The Kier molecular flexibility index (Phi) is 5.53. The zero-order chi connectivity index (χ0) is 22.1. The third kappa shape index (κ3) is 4.06. The molecule has 5 heterocycles. The lowest BCUT2D eigenvalue weighted by atomic mass is 9.97. The van der Waals surface area contributed by atoms with Crippen molar-refractivity contribution >= 4 is 28.4 Å². The Morgan fingerprint density at radius 1 is 1.22 bits per heavy atom. The van der Waals surface area contributed by atoms with E-state index >= 15 is 0 Å². The third-order valence-corrected chi connectivity index (χ3v) is 6.56. The molecule has 0 saturated carbocycles. The number of rotatable bonds is 7. The minimum Gasteiger partial charge on any atom is -0.495 e. The van der Waals surface area contributed by atoms with E-state index < -0.39 is 0 Å². The van der Waals surface area contributed by atoms with Gasteiger partial charge in [0.2, 0.25) is 0 Å². The summed E-state index contributed by atoms with van der Waals surface area (Å²) in [5.74, 6) is 2.92. The van der Waals surface area contributed by atoms with E-state index in [-0.39, 0.29) is 0 Å². The second kappa shape index (κ2) is 8.63. The molecule has 3 aromatic rings. The van der Waals surface area contributed by atoms with Crippen molar-refractivity contribution in [2.75, 3.05) is 24.3 Å². The van der Waals surface area contributed by atoms with Gasteiger partial charge in [0, 0.05) is 54.3 Å². The monoisotopic (exact) mass is 432 g/mol. The highest BCUT2D eigenvalue weighted by atomic mass is 16.5. The summed E-state index contributed by atoms with van der Waals surface area (Å²) in [4.78, 5) is 12.0. The normalized spacial score (nSPS) is 22.6. The van der Waals surface area contributed by atoms with E-state index in [1.807, 2.05) is 25.1 Å². The molecule has 9 heteroatoms. The van der Waals surface area contributed by atoms with Crippen LogP contribution in [0.5, 0.6) is 5.75 Å². The first-order valence-corrected chi connectivity index (χ1v) is 11.2. The smallest absolute Gasteiger partial charge is 0.153 e. The van der Waals surface area contributed by atoms with Gasteiger partial charge in [0.05, 0.1) is 24.9 Å². The van der Waals surface area contributed by atoms with Gasteiger partial charge in [0.15, 0.2) is 5.82 Å². The fraction of sp³-hybridized carbons (Fsp3) is 0.478. The van der Waals surface area contributed by atoms with Gasteiger partial charge in [-0.2, -0.15) is 10.4 Å². The number of hydrogen-bond acceptors (Lipinski definition) is 8. The number of nitrogens with one attached hydrogen (secondary N) is 3. The molecule has 0 aliphatic carbocycles. The molecule has 3 N–H and O–H groups in total. The van der Waals surface area contributed by atoms with Crippen molar-refractivity contribution in [2.45, 2.75) is 57.2 Å². The van der Waals surface area contributed by atoms with Crippen LogP contribution >= 0.6 is 0 Å². The lowest BCUT2D eigenvalue weighted by Crippen LogP contribution is -2.47. The average Bonchev–Trinajstić information content (AvgIpc) is 3.30. The van der Waals surface area contributed by atoms with Crippen LogP contribution in [-0.4, -0.2) is 56.8 Å². The minimum absolute atomic E-state index is 0.329. The van der Waals surface area contributed by atoms with Crippen LogP contribution in [0.4, 0.5) is 17.5 Å². The number of fused-ring (bicyclic) bond motifs is 3. The molecule has 3 atom stereocenters. The maximum atomic E-state index is 8.99. The summed E-state index contributed by atoms with van der Waals surface area (Å²) in [6.07, 6.45) is 6.85. The Morgan fingerprint density at radius 2 is 2.03 bits per heavy atom. The summed E-state index contributed by atoms with van der Waals surface area (Å²) in [6, 6.07) is 9.54. The summed E-state index contributed by atoms with van der Waals surface area (Å²) >= 11 is 0. The third-order valence-electron chi connectivity index (χ3n) is 6.56. The Bertz CT molecular complexity index is 1140. The topological polar surface area (TPSA) is 115 Å². The van der Waals surface area contributed by atoms with Crippen LogP contribution in [0.3, 0.4) is 0 Å². The number of aryl methyl sites for hydroxylation is 1. The maximum absolute atomic E-state index is 8.99. The predicted molar refractivity (Wildman–Crippen MR) is 123 cm³/mol. The molecule has 5 rings (SSSR count). The van der Waals surface area contributed by atoms with Gasteiger partial charge in [0.1, 0.15) is 17.4 Å². The van der Waals surface area contributed by atoms with E-state index in [1.165, 1.54) is 12.8 Å². The molecule has 0 amide bonds. The standard InChI is InChI=1S/C23H28N8O/c1-14-8-22(30-29-14)27-21-12-20-19(11-18(32-2)13-25-20)23(28-21)26-15-9-16-4-5-17(10-15)31(16)7-3-6-24/h8,11-13,15-17H,3-5,7,9-10H2,1-2H3,(H3,26,27,28,29,30)/t15?,16-,17+. The highest BCUT2D eigenvalue weighted by Gasteiger charge is 2.40. The number of H-pyrrole nitrogens is 1. The molecule has 2 saturated heterocycles. The lowest BCUT2D eigenvalue weighted by Gasteiger charge is -2.39. The molecule has 2 fully saturated rings. The van der Waals surface area contributed by atoms with Crippen molar-refractivity contribution < 1.29 is 4.74 Å². The van der Waals surface area contributed by atoms with Crippen molar-refractivity contribution in [3.63, 3.8) is 0 Å². The van der Waals surface area contributed by atoms with E-state index in [0.717, 1.165) is 47.6 Å². The maximum Gasteiger partial charge on any atom is 0.153 e. The predicted octanol–water partition coefficient (Wildman–Crippen LogP) is 3.73. The number of ether oxygens (including phenoxy) is 1. The van der Waals surface area contributed by atoms with Gasteiger partial charge >= 0.3 is 0 Å². The number of methoxy groups -OCH3 is 1. The number of pyridine rings is 2. The van der Waals surface area contributed by atoms with Gasteiger partial charge in [-0.15, -0.1) is 0 Å². The number of aromatic amines is 1. The van der Waals surface area contributed by atoms with Crippen LogP contribution in [-0.2, 0) is 0 Å². The van der Waals surface area contributed by atoms with Crippen LogP contribution < -0.4 is 15.4 Å². The van der Waals surface area contributed by atoms with Crippen LogP contribution in [0, 0.1) is 18.3 Å². The second-order valence-electron chi connectivity index (χ2n) is 8.70. The van der Waals surface area contributed by atoms with E-state index in [2.05, 4.69) is 36.8 Å². The summed E-state index contributed by atoms with van der Waals surface area (Å²) in [6.45, 7) is 2.84. The molecular formula is C23H28N8O. The number of nitriles is 1. The molecule has 0 aromatic carbocycles. The molecule has 32 heavy (non-hydrogen) atoms. The van der Waals surface area contributed by atoms with E-state index in [0.29, 0.717) is 36.1 Å². The summed E-state index contributed by atoms with van der Waals surface area (Å²) in [5.41, 5.74) is 1.82. The summed E-state index contributed by atoms with van der Waals surface area (Å²) in [5, 5.41) is 24.1. The summed E-state index contributed by atoms with van der Waals surface area (Å²) in [7, 11) is 1.65. The first kappa shape index (κ1) is 20.5. The zero-order valence-corrected chi connectivity index (χ0v) is 18.4. The first-order valence-electron chi connectivity index (χ1n) is 11.2. The van der Waals surface area contributed by atoms with Gasteiger partial charge in [-0.25, -0.2) is 4.98 Å². The fourth-order valence-corrected chi connectivity index (χ4v) is 5.13. The molecule has 3 aromatic heterocycles. The van der Waals surface area contributed by atoms with Crippen molar-refractivity contribution in [3.8, 4) is 11.8 Å². The SMILES string of the molecule is COc1cnc2cc(Nc3cc(C)[nH]n3)nc(NC3C[C@H]4CC[C@@H](C3)N4CCC#N)c2c1. The van der Waals surface area contributed by atoms with Crippen LogP contribution in [0.25, 0.3) is 10.9 Å². The van der Waals surface area contributed by atoms with Crippen molar-refractivity contribution in [2.24, 2.45) is 0 Å². The molecule has 0 radical (unpaired) electrons. The molecular weight excluding hydrogens is 404 g/mol. The van der Waals surface area contributed by atoms with Gasteiger partial charge in [0.25, 0.3) is 0 Å². The zero-order valence-electron chi connectivity index (χ0n) is 18.4. The second-order valence-corrected chi connectivity index (χ2v) is 8.70. The van der Waals surface area contributed by atoms with E-state index in [4.69, 9.17) is 15.0 Å². The van der Waals surface area contributed by atoms with Crippen molar-refractivity contribution in [1.82, 2.24) is 25.1 Å². The molecule has 166 valence electrons. The largest absolute Gasteiger partial charge is 0.495 e. The highest BCUT2D eigenvalue weighted by Crippen LogP contribution is 2.38. The van der Waals surface area contributed by atoms with Gasteiger partial charge in [-0.05, 0) is 38.7 Å². The molecule has 2 bridgehead atoms. The Hall–Kier alpha value is -3.38. The molecule has 9 nitrogen and oxygen atoms in total. The lowest BCUT2D eigenvalue weighted by molar-refractivity contribution is 0.136. The minimum atomic E-state index is 0.329. The molecule has 0 spiro atoms. The van der Waals surface area contributed by atoms with Gasteiger partial charge < -0.3 is 15.4 Å². The Morgan fingerprint density at radius 3 is 2.72 bits per heavy atom. The number of anilines is 3. The quantitative estimate of drug-likeness (QED) is 0.517. The fourth-order valence-electron chi connectivity index (χ4n) is 5.13. The number of piperidine rings is 1. The number of hydrogen-bond donors (Lipinski definition) is 3. The van der Waals surface area contributed by atoms with Crippen LogP contribution in [0.15, 0.2) is 24.4 Å². The van der Waals surface area contributed by atoms with Gasteiger partial charge in [-0.1, -0.05) is 0 Å². The van der Waals surface area contributed by atoms with Gasteiger partial charge in [-0.3, -0.25) is 15.0 Å². The van der Waals surface area contributed by atoms with Crippen LogP contribution in [0.1, 0.15) is 37.8 Å². The number of nitrogens with zero attached hydrogens (tertiary/aromatic N) is 5. The highest BCUT2D eigenvalue weighted by molar-refractivity contribution is 5.92. The van der Waals surface area contributed by atoms with E-state index in [1.54, 1.807) is 13.3 Å².